The topological polar surface area (TPSA) is 76.7 Å². The van der Waals surface area contributed by atoms with Crippen molar-refractivity contribution < 1.29 is 19.1 Å². The van der Waals surface area contributed by atoms with E-state index in [4.69, 9.17) is 9.47 Å². The summed E-state index contributed by atoms with van der Waals surface area (Å²) in [6, 6.07) is 12.7. The van der Waals surface area contributed by atoms with Crippen LogP contribution >= 0.6 is 27.7 Å². The summed E-state index contributed by atoms with van der Waals surface area (Å²) in [5.41, 5.74) is 0.897. The minimum atomic E-state index is -0.625. The van der Waals surface area contributed by atoms with E-state index in [1.165, 1.54) is 18.7 Å². The predicted octanol–water partition coefficient (Wildman–Crippen LogP) is 3.09. The maximum atomic E-state index is 12.6. The van der Waals surface area contributed by atoms with Crippen molar-refractivity contribution in [2.24, 2.45) is 0 Å². The van der Waals surface area contributed by atoms with Gasteiger partial charge in [0.05, 0.1) is 0 Å². The van der Waals surface area contributed by atoms with Crippen LogP contribution in [-0.4, -0.2) is 30.4 Å². The van der Waals surface area contributed by atoms with Gasteiger partial charge >= 0.3 is 0 Å². The summed E-state index contributed by atoms with van der Waals surface area (Å²) in [5, 5.41) is 5.58. The highest BCUT2D eigenvalue weighted by atomic mass is 79.9. The van der Waals surface area contributed by atoms with Crippen molar-refractivity contribution in [2.75, 3.05) is 12.5 Å². The molecule has 0 aliphatic carbocycles. The predicted molar refractivity (Wildman–Crippen MR) is 107 cm³/mol. The van der Waals surface area contributed by atoms with Gasteiger partial charge in [-0.1, -0.05) is 28.1 Å². The van der Waals surface area contributed by atoms with Crippen LogP contribution in [0.5, 0.6) is 11.5 Å². The number of benzene rings is 2. The number of ether oxygens (including phenoxy) is 2. The smallest absolute Gasteiger partial charge is 0.243 e. The van der Waals surface area contributed by atoms with Crippen molar-refractivity contribution in [3.05, 3.63) is 52.5 Å². The molecule has 0 saturated heterocycles. The number of carbonyl (C=O) groups is 2. The summed E-state index contributed by atoms with van der Waals surface area (Å²) < 4.78 is 11.6. The molecule has 1 atom stereocenters. The fourth-order valence-corrected chi connectivity index (χ4v) is 4.06. The van der Waals surface area contributed by atoms with Gasteiger partial charge in [0.15, 0.2) is 11.5 Å². The Labute approximate surface area is 170 Å². The molecule has 2 amide bonds. The van der Waals surface area contributed by atoms with Gasteiger partial charge in [-0.3, -0.25) is 9.59 Å². The second kappa shape index (κ2) is 9.14. The van der Waals surface area contributed by atoms with Gasteiger partial charge in [-0.15, -0.1) is 11.8 Å². The normalized spacial score (nSPS) is 13.1. The summed E-state index contributed by atoms with van der Waals surface area (Å²) in [6.07, 6.45) is 0. The van der Waals surface area contributed by atoms with E-state index in [1.807, 2.05) is 42.5 Å². The zero-order valence-corrected chi connectivity index (χ0v) is 17.1. The lowest BCUT2D eigenvalue weighted by Crippen LogP contribution is -2.47. The molecule has 1 unspecified atom stereocenters. The molecule has 27 heavy (non-hydrogen) atoms. The highest BCUT2D eigenvalue weighted by Gasteiger charge is 2.20. The Hall–Kier alpha value is -2.19. The molecule has 6 nitrogen and oxygen atoms in total. The summed E-state index contributed by atoms with van der Waals surface area (Å²) in [5.74, 6) is 1.33. The molecule has 2 aromatic rings. The van der Waals surface area contributed by atoms with Crippen molar-refractivity contribution in [1.82, 2.24) is 10.6 Å². The Bertz CT molecular complexity index is 846. The fraction of sp³-hybridized carbons (Fsp3) is 0.263. The van der Waals surface area contributed by atoms with E-state index in [-0.39, 0.29) is 18.6 Å². The van der Waals surface area contributed by atoms with E-state index < -0.39 is 6.04 Å². The number of nitrogens with one attached hydrogen (secondary N) is 2. The first kappa shape index (κ1) is 19.6. The highest BCUT2D eigenvalue weighted by molar-refractivity contribution is 9.10. The standard InChI is InChI=1S/C19H19BrN2O4S/c1-12(23)22-16(10-27-15-4-2-3-14(20)8-15)19(24)21-9-13-5-6-17-18(7-13)26-11-25-17/h2-8,16H,9-11H2,1H3,(H,21,24)(H,22,23). The Morgan fingerprint density at radius 1 is 1.19 bits per heavy atom. The first-order valence-corrected chi connectivity index (χ1v) is 10.1. The molecular weight excluding hydrogens is 432 g/mol. The van der Waals surface area contributed by atoms with Crippen molar-refractivity contribution in [3.8, 4) is 11.5 Å². The van der Waals surface area contributed by atoms with E-state index in [0.29, 0.717) is 23.8 Å². The third-order valence-electron chi connectivity index (χ3n) is 3.81. The van der Waals surface area contributed by atoms with Gasteiger partial charge in [-0.25, -0.2) is 0 Å². The van der Waals surface area contributed by atoms with Crippen LogP contribution in [0.4, 0.5) is 0 Å². The van der Waals surface area contributed by atoms with Crippen molar-refractivity contribution in [1.29, 1.82) is 0 Å². The average molecular weight is 451 g/mol. The Kier molecular flexibility index (Phi) is 6.63. The Morgan fingerprint density at radius 3 is 2.78 bits per heavy atom. The largest absolute Gasteiger partial charge is 0.454 e. The molecule has 0 fully saturated rings. The first-order valence-electron chi connectivity index (χ1n) is 8.33. The summed E-state index contributed by atoms with van der Waals surface area (Å²) in [4.78, 5) is 25.1. The molecule has 0 saturated carbocycles. The van der Waals surface area contributed by atoms with E-state index in [0.717, 1.165) is 14.9 Å². The van der Waals surface area contributed by atoms with Crippen molar-refractivity contribution >= 4 is 39.5 Å². The molecule has 0 aromatic heterocycles. The molecule has 1 heterocycles. The van der Waals surface area contributed by atoms with Gasteiger partial charge in [-0.2, -0.15) is 0 Å². The number of hydrogen-bond donors (Lipinski definition) is 2. The average Bonchev–Trinajstić information content (AvgIpc) is 3.10. The van der Waals surface area contributed by atoms with Crippen LogP contribution in [0.2, 0.25) is 0 Å². The van der Waals surface area contributed by atoms with Gasteiger partial charge in [0.2, 0.25) is 18.6 Å². The maximum Gasteiger partial charge on any atom is 0.243 e. The SMILES string of the molecule is CC(=O)NC(CSc1cccc(Br)c1)C(=O)NCc1ccc2c(c1)OCO2. The molecule has 1 aliphatic heterocycles. The number of fused-ring (bicyclic) bond motifs is 1. The van der Waals surface area contributed by atoms with Crippen LogP contribution < -0.4 is 20.1 Å². The number of halogens is 1. The number of rotatable bonds is 7. The van der Waals surface area contributed by atoms with Crippen LogP contribution in [0.1, 0.15) is 12.5 Å². The third-order valence-corrected chi connectivity index (χ3v) is 5.39. The molecule has 0 spiro atoms. The van der Waals surface area contributed by atoms with Gasteiger partial charge in [0, 0.05) is 28.6 Å². The number of carbonyl (C=O) groups excluding carboxylic acids is 2. The monoisotopic (exact) mass is 450 g/mol. The first-order chi connectivity index (χ1) is 13.0. The molecule has 8 heteroatoms. The van der Waals surface area contributed by atoms with Gasteiger partial charge < -0.3 is 20.1 Å². The number of hydrogen-bond acceptors (Lipinski definition) is 5. The molecule has 1 aliphatic rings. The zero-order chi connectivity index (χ0) is 19.2. The minimum Gasteiger partial charge on any atom is -0.454 e. The second-order valence-electron chi connectivity index (χ2n) is 5.93. The molecule has 2 aromatic carbocycles. The van der Waals surface area contributed by atoms with Crippen molar-refractivity contribution in [3.63, 3.8) is 0 Å². The molecule has 0 radical (unpaired) electrons. The maximum absolute atomic E-state index is 12.6. The zero-order valence-electron chi connectivity index (χ0n) is 14.7. The lowest BCUT2D eigenvalue weighted by Gasteiger charge is -2.17. The molecule has 2 N–H and O–H groups in total. The Balaban J connectivity index is 1.58. The number of amides is 2. The van der Waals surface area contributed by atoms with Gasteiger partial charge in [0.25, 0.3) is 0 Å². The molecular formula is C19H19BrN2O4S. The molecule has 142 valence electrons. The second-order valence-corrected chi connectivity index (χ2v) is 7.94. The summed E-state index contributed by atoms with van der Waals surface area (Å²) in [6.45, 7) is 1.96. The van der Waals surface area contributed by atoms with E-state index in [1.54, 1.807) is 0 Å². The number of thioether (sulfide) groups is 1. The molecule has 0 bridgehead atoms. The van der Waals surface area contributed by atoms with Crippen LogP contribution in [0.3, 0.4) is 0 Å². The quantitative estimate of drug-likeness (QED) is 0.633. The van der Waals surface area contributed by atoms with Crippen LogP contribution in [-0.2, 0) is 16.1 Å². The third kappa shape index (κ3) is 5.64. The van der Waals surface area contributed by atoms with Gasteiger partial charge in [0.1, 0.15) is 6.04 Å². The van der Waals surface area contributed by atoms with E-state index in [9.17, 15) is 9.59 Å². The van der Waals surface area contributed by atoms with Gasteiger partial charge in [-0.05, 0) is 35.9 Å². The minimum absolute atomic E-state index is 0.211. The highest BCUT2D eigenvalue weighted by Crippen LogP contribution is 2.32. The van der Waals surface area contributed by atoms with Crippen LogP contribution in [0, 0.1) is 0 Å². The molecule has 3 rings (SSSR count). The summed E-state index contributed by atoms with van der Waals surface area (Å²) in [7, 11) is 0. The van der Waals surface area contributed by atoms with Crippen LogP contribution in [0.15, 0.2) is 51.8 Å². The van der Waals surface area contributed by atoms with Crippen molar-refractivity contribution in [2.45, 2.75) is 24.4 Å². The van der Waals surface area contributed by atoms with E-state index >= 15 is 0 Å². The summed E-state index contributed by atoms with van der Waals surface area (Å²) >= 11 is 4.94. The lowest BCUT2D eigenvalue weighted by molar-refractivity contribution is -0.127. The fourth-order valence-electron chi connectivity index (χ4n) is 2.53. The Morgan fingerprint density at radius 2 is 2.00 bits per heavy atom. The van der Waals surface area contributed by atoms with E-state index in [2.05, 4.69) is 26.6 Å². The lowest BCUT2D eigenvalue weighted by atomic mass is 10.2. The van der Waals surface area contributed by atoms with Crippen LogP contribution in [0.25, 0.3) is 0 Å².